The molecule has 0 N–H and O–H groups in total. The van der Waals surface area contributed by atoms with Gasteiger partial charge in [0.25, 0.3) is 5.91 Å². The Balaban J connectivity index is 1.59. The fourth-order valence-electron chi connectivity index (χ4n) is 3.95. The first-order valence-electron chi connectivity index (χ1n) is 8.74. The Hall–Kier alpha value is -2.54. The minimum Gasteiger partial charge on any atom is -0.493 e. The molecule has 1 amide bonds. The predicted octanol–water partition coefficient (Wildman–Crippen LogP) is 2.40. The van der Waals surface area contributed by atoms with Gasteiger partial charge >= 0.3 is 0 Å². The molecule has 2 aliphatic rings. The van der Waals surface area contributed by atoms with Crippen molar-refractivity contribution in [3.8, 4) is 11.5 Å². The Morgan fingerprint density at radius 2 is 1.92 bits per heavy atom. The van der Waals surface area contributed by atoms with Crippen LogP contribution in [0.2, 0.25) is 0 Å². The maximum absolute atomic E-state index is 12.5. The predicted molar refractivity (Wildman–Crippen MR) is 92.5 cm³/mol. The molecule has 7 heteroatoms. The second kappa shape index (κ2) is 6.64. The molecule has 1 aromatic heterocycles. The highest BCUT2D eigenvalue weighted by molar-refractivity contribution is 5.91. The number of benzene rings is 1. The molecule has 1 spiro atoms. The number of oxazole rings is 1. The number of methoxy groups -OCH3 is 2. The van der Waals surface area contributed by atoms with E-state index < -0.39 is 0 Å². The van der Waals surface area contributed by atoms with Crippen LogP contribution in [0, 0.1) is 0 Å². The molecular weight excluding hydrogens is 336 g/mol. The Bertz CT molecular complexity index is 795. The van der Waals surface area contributed by atoms with Crippen LogP contribution in [-0.2, 0) is 16.8 Å². The number of carbonyl (C=O) groups is 1. The molecule has 0 atom stereocenters. The van der Waals surface area contributed by atoms with Gasteiger partial charge in [-0.15, -0.1) is 0 Å². The van der Waals surface area contributed by atoms with Crippen LogP contribution in [0.5, 0.6) is 11.5 Å². The van der Waals surface area contributed by atoms with Crippen molar-refractivity contribution < 1.29 is 23.4 Å². The normalized spacial score (nSPS) is 18.5. The molecule has 0 radical (unpaired) electrons. The number of hydrogen-bond donors (Lipinski definition) is 0. The van der Waals surface area contributed by atoms with Crippen molar-refractivity contribution in [2.75, 3.05) is 33.9 Å². The third-order valence-corrected chi connectivity index (χ3v) is 5.35. The fraction of sp³-hybridized carbons (Fsp3) is 0.474. The van der Waals surface area contributed by atoms with E-state index in [1.165, 1.54) is 18.2 Å². The van der Waals surface area contributed by atoms with Crippen LogP contribution < -0.4 is 9.47 Å². The zero-order valence-electron chi connectivity index (χ0n) is 15.0. The van der Waals surface area contributed by atoms with E-state index in [9.17, 15) is 4.79 Å². The molecule has 1 aromatic carbocycles. The first kappa shape index (κ1) is 16.9. The lowest BCUT2D eigenvalue weighted by molar-refractivity contribution is -0.0938. The summed E-state index contributed by atoms with van der Waals surface area (Å²) in [7, 11) is 3.28. The van der Waals surface area contributed by atoms with Gasteiger partial charge in [0.15, 0.2) is 17.9 Å². The van der Waals surface area contributed by atoms with Gasteiger partial charge in [-0.05, 0) is 42.5 Å². The Kier molecular flexibility index (Phi) is 4.32. The molecular formula is C19H22N2O5. The minimum absolute atomic E-state index is 0.124. The molecule has 7 nitrogen and oxygen atoms in total. The second-order valence-electron chi connectivity index (χ2n) is 6.61. The molecule has 3 heterocycles. The Morgan fingerprint density at radius 1 is 1.19 bits per heavy atom. The lowest BCUT2D eigenvalue weighted by atomic mass is 9.79. The van der Waals surface area contributed by atoms with Gasteiger partial charge in [0.05, 0.1) is 32.6 Å². The van der Waals surface area contributed by atoms with Crippen LogP contribution >= 0.6 is 0 Å². The molecule has 26 heavy (non-hydrogen) atoms. The number of aromatic nitrogens is 1. The van der Waals surface area contributed by atoms with E-state index >= 15 is 0 Å². The van der Waals surface area contributed by atoms with E-state index in [1.54, 1.807) is 19.1 Å². The zero-order valence-corrected chi connectivity index (χ0v) is 15.0. The SMILES string of the molecule is COc1cc2c(cc1OC)C1(CCN(C(=O)c3cnco3)CC1)OCC2. The van der Waals surface area contributed by atoms with E-state index in [4.69, 9.17) is 18.6 Å². The van der Waals surface area contributed by atoms with Gasteiger partial charge in [-0.1, -0.05) is 0 Å². The molecule has 1 saturated heterocycles. The van der Waals surface area contributed by atoms with E-state index in [0.29, 0.717) is 25.4 Å². The number of rotatable bonds is 3. The average Bonchev–Trinajstić information content (AvgIpc) is 3.22. The van der Waals surface area contributed by atoms with Gasteiger partial charge in [0.2, 0.25) is 5.76 Å². The van der Waals surface area contributed by atoms with Gasteiger partial charge in [-0.3, -0.25) is 4.79 Å². The summed E-state index contributed by atoms with van der Waals surface area (Å²) in [6.07, 6.45) is 5.04. The van der Waals surface area contributed by atoms with E-state index in [-0.39, 0.29) is 17.3 Å². The van der Waals surface area contributed by atoms with Crippen molar-refractivity contribution in [2.45, 2.75) is 24.9 Å². The third kappa shape index (κ3) is 2.72. The highest BCUT2D eigenvalue weighted by Gasteiger charge is 2.42. The number of fused-ring (bicyclic) bond motifs is 2. The highest BCUT2D eigenvalue weighted by atomic mass is 16.5. The summed E-state index contributed by atoms with van der Waals surface area (Å²) in [5.41, 5.74) is 1.99. The van der Waals surface area contributed by atoms with E-state index in [0.717, 1.165) is 30.6 Å². The topological polar surface area (TPSA) is 74.0 Å². The first-order chi connectivity index (χ1) is 12.7. The van der Waals surface area contributed by atoms with Gasteiger partial charge in [0, 0.05) is 13.1 Å². The molecule has 0 unspecified atom stereocenters. The third-order valence-electron chi connectivity index (χ3n) is 5.35. The highest BCUT2D eigenvalue weighted by Crippen LogP contribution is 2.45. The van der Waals surface area contributed by atoms with Gasteiger partial charge in [-0.2, -0.15) is 0 Å². The maximum Gasteiger partial charge on any atom is 0.291 e. The second-order valence-corrected chi connectivity index (χ2v) is 6.61. The summed E-state index contributed by atoms with van der Waals surface area (Å²) < 4.78 is 22.3. The summed E-state index contributed by atoms with van der Waals surface area (Å²) in [6, 6.07) is 4.08. The minimum atomic E-state index is -0.384. The molecule has 1 fully saturated rings. The number of amides is 1. The lowest BCUT2D eigenvalue weighted by Crippen LogP contribution is -2.48. The summed E-state index contributed by atoms with van der Waals surface area (Å²) in [5.74, 6) is 1.59. The van der Waals surface area contributed by atoms with Crippen LogP contribution in [0.3, 0.4) is 0 Å². The number of likely N-dealkylation sites (tertiary alicyclic amines) is 1. The molecule has 2 aliphatic heterocycles. The summed E-state index contributed by atoms with van der Waals surface area (Å²) in [5, 5.41) is 0. The van der Waals surface area contributed by atoms with Crippen LogP contribution in [0.25, 0.3) is 0 Å². The largest absolute Gasteiger partial charge is 0.493 e. The molecule has 2 aromatic rings. The molecule has 138 valence electrons. The quantitative estimate of drug-likeness (QED) is 0.839. The smallest absolute Gasteiger partial charge is 0.291 e. The van der Waals surface area contributed by atoms with Crippen molar-refractivity contribution in [1.82, 2.24) is 9.88 Å². The summed E-state index contributed by atoms with van der Waals surface area (Å²) in [4.78, 5) is 18.1. The number of carbonyl (C=O) groups excluding carboxylic acids is 1. The average molecular weight is 358 g/mol. The molecule has 0 saturated carbocycles. The number of hydrogen-bond acceptors (Lipinski definition) is 6. The summed E-state index contributed by atoms with van der Waals surface area (Å²) in [6.45, 7) is 1.87. The van der Waals surface area contributed by atoms with Gasteiger partial charge < -0.3 is 23.5 Å². The lowest BCUT2D eigenvalue weighted by Gasteiger charge is -2.45. The van der Waals surface area contributed by atoms with Crippen molar-refractivity contribution in [3.63, 3.8) is 0 Å². The maximum atomic E-state index is 12.5. The van der Waals surface area contributed by atoms with Gasteiger partial charge in [0.1, 0.15) is 0 Å². The Morgan fingerprint density at radius 3 is 2.58 bits per heavy atom. The van der Waals surface area contributed by atoms with E-state index in [1.807, 2.05) is 12.1 Å². The van der Waals surface area contributed by atoms with E-state index in [2.05, 4.69) is 4.98 Å². The van der Waals surface area contributed by atoms with Crippen LogP contribution in [0.4, 0.5) is 0 Å². The molecule has 0 bridgehead atoms. The van der Waals surface area contributed by atoms with Crippen molar-refractivity contribution >= 4 is 5.91 Å². The fourth-order valence-corrected chi connectivity index (χ4v) is 3.95. The van der Waals surface area contributed by atoms with Crippen LogP contribution in [-0.4, -0.2) is 49.7 Å². The Labute approximate surface area is 151 Å². The van der Waals surface area contributed by atoms with Crippen LogP contribution in [0.15, 0.2) is 29.1 Å². The monoisotopic (exact) mass is 358 g/mol. The molecule has 4 rings (SSSR count). The summed E-state index contributed by atoms with van der Waals surface area (Å²) >= 11 is 0. The zero-order chi connectivity index (χ0) is 18.1. The van der Waals surface area contributed by atoms with Crippen LogP contribution in [0.1, 0.15) is 34.5 Å². The van der Waals surface area contributed by atoms with Gasteiger partial charge in [-0.25, -0.2) is 4.98 Å². The van der Waals surface area contributed by atoms with Crippen molar-refractivity contribution in [3.05, 3.63) is 41.6 Å². The number of ether oxygens (including phenoxy) is 3. The number of piperidine rings is 1. The first-order valence-corrected chi connectivity index (χ1v) is 8.74. The van der Waals surface area contributed by atoms with Crippen molar-refractivity contribution in [1.29, 1.82) is 0 Å². The molecule has 0 aliphatic carbocycles. The van der Waals surface area contributed by atoms with Crippen molar-refractivity contribution in [2.24, 2.45) is 0 Å². The number of nitrogens with zero attached hydrogens (tertiary/aromatic N) is 2. The standard InChI is InChI=1S/C19H22N2O5/c1-23-15-9-13-3-8-26-19(14(13)10-16(15)24-2)4-6-21(7-5-19)18(22)17-11-20-12-25-17/h9-12H,3-8H2,1-2H3.